The smallest absolute Gasteiger partial charge is 0.240 e. The van der Waals surface area contributed by atoms with Crippen molar-refractivity contribution in [2.24, 2.45) is 0 Å². The molecule has 0 radical (unpaired) electrons. The van der Waals surface area contributed by atoms with Gasteiger partial charge in [0.1, 0.15) is 5.75 Å². The molecule has 0 aromatic heterocycles. The highest BCUT2D eigenvalue weighted by atomic mass is 35.5. The summed E-state index contributed by atoms with van der Waals surface area (Å²) in [5, 5.41) is 0.648. The zero-order chi connectivity index (χ0) is 21.0. The lowest BCUT2D eigenvalue weighted by atomic mass is 10.1. The summed E-state index contributed by atoms with van der Waals surface area (Å²) in [5.74, 6) is -0.502. The number of carbonyl (C=O) groups is 2. The molecule has 2 amide bonds. The van der Waals surface area contributed by atoms with Crippen molar-refractivity contribution in [1.82, 2.24) is 4.72 Å². The largest absolute Gasteiger partial charge is 0.495 e. The number of ether oxygens (including phenoxy) is 1. The number of methoxy groups -OCH3 is 1. The average molecular weight is 437 g/mol. The Bertz CT molecular complexity index is 1020. The molecule has 1 aliphatic heterocycles. The average Bonchev–Trinajstić information content (AvgIpc) is 3.04. The molecular formula is C20H21ClN2O5S. The van der Waals surface area contributed by atoms with Gasteiger partial charge in [-0.1, -0.05) is 29.8 Å². The van der Waals surface area contributed by atoms with Crippen molar-refractivity contribution in [3.8, 4) is 5.75 Å². The molecule has 29 heavy (non-hydrogen) atoms. The van der Waals surface area contributed by atoms with E-state index < -0.39 is 10.0 Å². The van der Waals surface area contributed by atoms with E-state index in [1.165, 1.54) is 25.3 Å². The fourth-order valence-electron chi connectivity index (χ4n) is 3.13. The van der Waals surface area contributed by atoms with Gasteiger partial charge in [0, 0.05) is 24.4 Å². The minimum absolute atomic E-state index is 0.0430. The molecule has 154 valence electrons. The maximum atomic E-state index is 12.7. The lowest BCUT2D eigenvalue weighted by Crippen LogP contribution is -2.30. The number of rotatable bonds is 8. The third-order valence-corrected chi connectivity index (χ3v) is 6.45. The van der Waals surface area contributed by atoms with Crippen LogP contribution in [0.5, 0.6) is 5.75 Å². The Morgan fingerprint density at radius 2 is 1.79 bits per heavy atom. The first kappa shape index (κ1) is 21.3. The first-order chi connectivity index (χ1) is 13.8. The van der Waals surface area contributed by atoms with Gasteiger partial charge in [0.05, 0.1) is 17.7 Å². The first-order valence-electron chi connectivity index (χ1n) is 9.10. The fourth-order valence-corrected chi connectivity index (χ4v) is 4.45. The van der Waals surface area contributed by atoms with Crippen LogP contribution in [0.25, 0.3) is 0 Å². The van der Waals surface area contributed by atoms with Gasteiger partial charge in [-0.2, -0.15) is 0 Å². The summed E-state index contributed by atoms with van der Waals surface area (Å²) in [6.07, 6.45) is 1.39. The molecule has 0 unspecified atom stereocenters. The molecular weight excluding hydrogens is 416 g/mol. The molecule has 3 rings (SSSR count). The molecule has 1 heterocycles. The number of amides is 2. The molecule has 0 bridgehead atoms. The van der Waals surface area contributed by atoms with Crippen LogP contribution in [0.2, 0.25) is 5.02 Å². The van der Waals surface area contributed by atoms with Gasteiger partial charge < -0.3 is 4.74 Å². The summed E-state index contributed by atoms with van der Waals surface area (Å²) < 4.78 is 33.1. The van der Waals surface area contributed by atoms with E-state index in [9.17, 15) is 18.0 Å². The summed E-state index contributed by atoms with van der Waals surface area (Å²) in [4.78, 5) is 25.1. The van der Waals surface area contributed by atoms with Crippen LogP contribution in [0.3, 0.4) is 0 Å². The van der Waals surface area contributed by atoms with E-state index in [2.05, 4.69) is 4.72 Å². The van der Waals surface area contributed by atoms with Crippen molar-refractivity contribution in [3.05, 3.63) is 53.1 Å². The lowest BCUT2D eigenvalue weighted by Gasteiger charge is -2.18. The van der Waals surface area contributed by atoms with Gasteiger partial charge in [-0.05, 0) is 42.7 Å². The predicted octanol–water partition coefficient (Wildman–Crippen LogP) is 2.91. The van der Waals surface area contributed by atoms with Crippen molar-refractivity contribution in [1.29, 1.82) is 0 Å². The molecule has 7 nitrogen and oxygen atoms in total. The Morgan fingerprint density at radius 1 is 1.10 bits per heavy atom. The summed E-state index contributed by atoms with van der Waals surface area (Å²) in [7, 11) is -2.43. The number of imide groups is 1. The molecule has 2 aromatic carbocycles. The molecule has 9 heteroatoms. The third-order valence-electron chi connectivity index (χ3n) is 4.63. The minimum atomic E-state index is -3.82. The maximum absolute atomic E-state index is 12.7. The Labute approximate surface area is 174 Å². The molecule has 1 N–H and O–H groups in total. The number of benzene rings is 2. The lowest BCUT2D eigenvalue weighted by molar-refractivity contribution is -0.121. The van der Waals surface area contributed by atoms with Crippen LogP contribution >= 0.6 is 11.6 Å². The number of carbonyl (C=O) groups excluding carboxylic acids is 2. The molecule has 0 spiro atoms. The number of nitrogens with one attached hydrogen (secondary N) is 1. The molecule has 0 atom stereocenters. The Kier molecular flexibility index (Phi) is 6.56. The second kappa shape index (κ2) is 8.94. The Balaban J connectivity index is 1.73. The van der Waals surface area contributed by atoms with Crippen molar-refractivity contribution in [2.45, 2.75) is 30.6 Å². The SMILES string of the molecule is COc1ccc(S(=O)(=O)NCCCc2ccccc2Cl)cc1N1C(=O)CCC1=O. The Hall–Kier alpha value is -2.42. The number of sulfonamides is 1. The molecule has 1 fully saturated rings. The molecule has 1 saturated heterocycles. The van der Waals surface area contributed by atoms with Crippen molar-refractivity contribution < 1.29 is 22.7 Å². The number of hydrogen-bond donors (Lipinski definition) is 1. The summed E-state index contributed by atoms with van der Waals surface area (Å²) in [6, 6.07) is 11.5. The van der Waals surface area contributed by atoms with E-state index in [-0.39, 0.29) is 47.5 Å². The number of anilines is 1. The summed E-state index contributed by atoms with van der Waals surface area (Å²) >= 11 is 6.11. The van der Waals surface area contributed by atoms with E-state index in [0.717, 1.165) is 10.5 Å². The quantitative estimate of drug-likeness (QED) is 0.507. The van der Waals surface area contributed by atoms with Gasteiger partial charge in [-0.25, -0.2) is 18.0 Å². The Morgan fingerprint density at radius 3 is 2.45 bits per heavy atom. The van der Waals surface area contributed by atoms with Crippen LogP contribution in [0.4, 0.5) is 5.69 Å². The van der Waals surface area contributed by atoms with Gasteiger partial charge >= 0.3 is 0 Å². The number of aryl methyl sites for hydroxylation is 1. The number of hydrogen-bond acceptors (Lipinski definition) is 5. The zero-order valence-corrected chi connectivity index (χ0v) is 17.4. The normalized spacial score (nSPS) is 14.5. The van der Waals surface area contributed by atoms with Gasteiger partial charge in [0.25, 0.3) is 0 Å². The van der Waals surface area contributed by atoms with Crippen LogP contribution in [-0.2, 0) is 26.0 Å². The zero-order valence-electron chi connectivity index (χ0n) is 15.9. The van der Waals surface area contributed by atoms with Crippen LogP contribution in [0, 0.1) is 0 Å². The van der Waals surface area contributed by atoms with Crippen molar-refractivity contribution >= 4 is 39.1 Å². The van der Waals surface area contributed by atoms with Gasteiger partial charge in [-0.15, -0.1) is 0 Å². The van der Waals surface area contributed by atoms with Gasteiger partial charge in [0.2, 0.25) is 21.8 Å². The second-order valence-electron chi connectivity index (χ2n) is 6.55. The highest BCUT2D eigenvalue weighted by molar-refractivity contribution is 7.89. The van der Waals surface area contributed by atoms with E-state index in [1.54, 1.807) is 6.07 Å². The highest BCUT2D eigenvalue weighted by Crippen LogP contribution is 2.34. The molecule has 0 aliphatic carbocycles. The van der Waals surface area contributed by atoms with E-state index in [1.807, 2.05) is 18.2 Å². The molecule has 1 aliphatic rings. The minimum Gasteiger partial charge on any atom is -0.495 e. The second-order valence-corrected chi connectivity index (χ2v) is 8.72. The van der Waals surface area contributed by atoms with Crippen LogP contribution in [-0.4, -0.2) is 33.9 Å². The predicted molar refractivity (Wildman–Crippen MR) is 110 cm³/mol. The molecule has 2 aromatic rings. The summed E-state index contributed by atoms with van der Waals surface area (Å²) in [5.41, 5.74) is 1.09. The van der Waals surface area contributed by atoms with Crippen molar-refractivity contribution in [3.63, 3.8) is 0 Å². The first-order valence-corrected chi connectivity index (χ1v) is 11.0. The standard InChI is InChI=1S/C20H21ClN2O5S/c1-28-18-9-8-15(13-17(18)23-19(24)10-11-20(23)25)29(26,27)22-12-4-6-14-5-2-3-7-16(14)21/h2-3,5,7-9,13,22H,4,6,10-12H2,1H3. The molecule has 0 saturated carbocycles. The van der Waals surface area contributed by atoms with Crippen molar-refractivity contribution in [2.75, 3.05) is 18.6 Å². The monoisotopic (exact) mass is 436 g/mol. The highest BCUT2D eigenvalue weighted by Gasteiger charge is 2.33. The van der Waals surface area contributed by atoms with E-state index in [4.69, 9.17) is 16.3 Å². The van der Waals surface area contributed by atoms with Crippen LogP contribution in [0.1, 0.15) is 24.8 Å². The summed E-state index contributed by atoms with van der Waals surface area (Å²) in [6.45, 7) is 0.219. The van der Waals surface area contributed by atoms with E-state index in [0.29, 0.717) is 17.9 Å². The topological polar surface area (TPSA) is 92.8 Å². The van der Waals surface area contributed by atoms with E-state index >= 15 is 0 Å². The number of halogens is 1. The third kappa shape index (κ3) is 4.77. The van der Waals surface area contributed by atoms with Gasteiger partial charge in [0.15, 0.2) is 0 Å². The maximum Gasteiger partial charge on any atom is 0.240 e. The number of nitrogens with zero attached hydrogens (tertiary/aromatic N) is 1. The van der Waals surface area contributed by atoms with Crippen LogP contribution < -0.4 is 14.4 Å². The van der Waals surface area contributed by atoms with Crippen LogP contribution in [0.15, 0.2) is 47.4 Å². The fraction of sp³-hybridized carbons (Fsp3) is 0.300. The van der Waals surface area contributed by atoms with Gasteiger partial charge in [-0.3, -0.25) is 9.59 Å².